The first-order chi connectivity index (χ1) is 7.54. The average molecular weight is 305 g/mol. The number of thioether (sulfide) groups is 1. The third kappa shape index (κ3) is 3.81. The Hall–Kier alpha value is -0.520. The van der Waals surface area contributed by atoms with Gasteiger partial charge in [0.25, 0.3) is 0 Å². The van der Waals surface area contributed by atoms with Crippen molar-refractivity contribution in [1.82, 2.24) is 0 Å². The molecule has 0 amide bonds. The number of hydrogen-bond donors (Lipinski definition) is 2. The van der Waals surface area contributed by atoms with Gasteiger partial charge in [0.1, 0.15) is 0 Å². The lowest BCUT2D eigenvalue weighted by Gasteiger charge is -2.10. The monoisotopic (exact) mass is 304 g/mol. The van der Waals surface area contributed by atoms with Gasteiger partial charge < -0.3 is 10.2 Å². The van der Waals surface area contributed by atoms with E-state index in [-0.39, 0.29) is 12.2 Å². The van der Waals surface area contributed by atoms with Gasteiger partial charge in [0, 0.05) is 21.2 Å². The smallest absolute Gasteiger partial charge is 0.336 e. The molecule has 0 radical (unpaired) electrons. The highest BCUT2D eigenvalue weighted by molar-refractivity contribution is 9.10. The summed E-state index contributed by atoms with van der Waals surface area (Å²) in [5.74, 6) is -0.938. The van der Waals surface area contributed by atoms with Crippen molar-refractivity contribution in [2.45, 2.75) is 23.5 Å². The highest BCUT2D eigenvalue weighted by atomic mass is 79.9. The first-order valence-electron chi connectivity index (χ1n) is 4.85. The SMILES string of the molecule is CC(CCO)Sc1ccc(C(=O)O)c(Br)c1. The van der Waals surface area contributed by atoms with Gasteiger partial charge in [-0.25, -0.2) is 4.79 Å². The lowest BCUT2D eigenvalue weighted by atomic mass is 10.2. The standard InChI is InChI=1S/C11H13BrO3S/c1-7(4-5-13)16-8-2-3-9(11(14)15)10(12)6-8/h2-3,6-7,13H,4-5H2,1H3,(H,14,15). The molecule has 0 aromatic heterocycles. The minimum absolute atomic E-state index is 0.169. The fourth-order valence-electron chi connectivity index (χ4n) is 1.22. The van der Waals surface area contributed by atoms with E-state index in [2.05, 4.69) is 15.9 Å². The number of aliphatic hydroxyl groups excluding tert-OH is 1. The van der Waals surface area contributed by atoms with Crippen LogP contribution in [-0.2, 0) is 0 Å². The Balaban J connectivity index is 2.77. The summed E-state index contributed by atoms with van der Waals surface area (Å²) in [6, 6.07) is 5.16. The molecule has 0 saturated heterocycles. The second kappa shape index (κ2) is 6.27. The number of benzene rings is 1. The van der Waals surface area contributed by atoms with E-state index in [9.17, 15) is 4.79 Å². The molecule has 2 N–H and O–H groups in total. The van der Waals surface area contributed by atoms with Gasteiger partial charge in [-0.15, -0.1) is 11.8 Å². The zero-order chi connectivity index (χ0) is 12.1. The van der Waals surface area contributed by atoms with Crippen LogP contribution < -0.4 is 0 Å². The number of carbonyl (C=O) groups is 1. The maximum absolute atomic E-state index is 10.8. The summed E-state index contributed by atoms with van der Waals surface area (Å²) in [6.45, 7) is 2.20. The molecule has 3 nitrogen and oxygen atoms in total. The van der Waals surface area contributed by atoms with Crippen molar-refractivity contribution in [2.75, 3.05) is 6.61 Å². The van der Waals surface area contributed by atoms with Gasteiger partial charge in [-0.05, 0) is 40.5 Å². The molecule has 0 spiro atoms. The fourth-order valence-corrected chi connectivity index (χ4v) is 2.94. The molecule has 1 unspecified atom stereocenters. The molecular weight excluding hydrogens is 292 g/mol. The lowest BCUT2D eigenvalue weighted by Crippen LogP contribution is -2.00. The molecular formula is C11H13BrO3S. The largest absolute Gasteiger partial charge is 0.478 e. The summed E-state index contributed by atoms with van der Waals surface area (Å²) in [7, 11) is 0. The van der Waals surface area contributed by atoms with Crippen LogP contribution in [0.3, 0.4) is 0 Å². The predicted molar refractivity (Wildman–Crippen MR) is 68.1 cm³/mol. The topological polar surface area (TPSA) is 57.5 Å². The second-order valence-corrected chi connectivity index (χ2v) is 5.75. The number of hydrogen-bond acceptors (Lipinski definition) is 3. The highest BCUT2D eigenvalue weighted by Gasteiger charge is 2.10. The number of carboxylic acid groups (broad SMARTS) is 1. The van der Waals surface area contributed by atoms with Gasteiger partial charge in [-0.3, -0.25) is 0 Å². The Morgan fingerprint density at radius 2 is 2.25 bits per heavy atom. The van der Waals surface area contributed by atoms with E-state index in [4.69, 9.17) is 10.2 Å². The second-order valence-electron chi connectivity index (χ2n) is 3.39. The van der Waals surface area contributed by atoms with Crippen LogP contribution in [0.25, 0.3) is 0 Å². The van der Waals surface area contributed by atoms with Gasteiger partial charge >= 0.3 is 5.97 Å². The fraction of sp³-hybridized carbons (Fsp3) is 0.364. The zero-order valence-electron chi connectivity index (χ0n) is 8.81. The lowest BCUT2D eigenvalue weighted by molar-refractivity contribution is 0.0696. The molecule has 0 aliphatic heterocycles. The van der Waals surface area contributed by atoms with Crippen LogP contribution in [-0.4, -0.2) is 28.0 Å². The highest BCUT2D eigenvalue weighted by Crippen LogP contribution is 2.29. The molecule has 0 aliphatic rings. The van der Waals surface area contributed by atoms with Crippen LogP contribution >= 0.6 is 27.7 Å². The maximum Gasteiger partial charge on any atom is 0.336 e. The van der Waals surface area contributed by atoms with Crippen molar-refractivity contribution >= 4 is 33.7 Å². The van der Waals surface area contributed by atoms with Crippen molar-refractivity contribution in [3.05, 3.63) is 28.2 Å². The van der Waals surface area contributed by atoms with Gasteiger partial charge in [-0.1, -0.05) is 6.92 Å². The van der Waals surface area contributed by atoms with Crippen LogP contribution in [0.1, 0.15) is 23.7 Å². The van der Waals surface area contributed by atoms with Crippen molar-refractivity contribution in [3.8, 4) is 0 Å². The van der Waals surface area contributed by atoms with Gasteiger partial charge in [0.05, 0.1) is 5.56 Å². The van der Waals surface area contributed by atoms with E-state index in [1.165, 1.54) is 0 Å². The molecule has 0 bridgehead atoms. The molecule has 0 aliphatic carbocycles. The summed E-state index contributed by atoms with van der Waals surface area (Å²) in [5.41, 5.74) is 0.263. The molecule has 0 heterocycles. The van der Waals surface area contributed by atoms with E-state index in [0.717, 1.165) is 11.3 Å². The van der Waals surface area contributed by atoms with Crippen molar-refractivity contribution in [2.24, 2.45) is 0 Å². The summed E-state index contributed by atoms with van der Waals surface area (Å²) < 4.78 is 0.584. The number of aliphatic hydroxyl groups is 1. The van der Waals surface area contributed by atoms with Gasteiger partial charge in [-0.2, -0.15) is 0 Å². The van der Waals surface area contributed by atoms with Crippen LogP contribution in [0.2, 0.25) is 0 Å². The molecule has 0 fully saturated rings. The zero-order valence-corrected chi connectivity index (χ0v) is 11.2. The van der Waals surface area contributed by atoms with Gasteiger partial charge in [0.15, 0.2) is 0 Å². The Bertz CT molecular complexity index is 381. The van der Waals surface area contributed by atoms with Crippen molar-refractivity contribution in [3.63, 3.8) is 0 Å². The van der Waals surface area contributed by atoms with Crippen molar-refractivity contribution < 1.29 is 15.0 Å². The Morgan fingerprint density at radius 3 is 2.75 bits per heavy atom. The van der Waals surface area contributed by atoms with Crippen molar-refractivity contribution in [1.29, 1.82) is 0 Å². The number of aromatic carboxylic acids is 1. The number of rotatable bonds is 5. The molecule has 1 atom stereocenters. The van der Waals surface area contributed by atoms with Crippen LogP contribution in [0.5, 0.6) is 0 Å². The van der Waals surface area contributed by atoms with Crippen LogP contribution in [0.4, 0.5) is 0 Å². The molecule has 88 valence electrons. The average Bonchev–Trinajstić information content (AvgIpc) is 2.17. The third-order valence-corrected chi connectivity index (χ3v) is 3.86. The molecule has 1 aromatic carbocycles. The number of carboxylic acids is 1. The molecule has 1 aromatic rings. The predicted octanol–water partition coefficient (Wildman–Crippen LogP) is 3.01. The van der Waals surface area contributed by atoms with E-state index < -0.39 is 5.97 Å². The van der Waals surface area contributed by atoms with E-state index in [1.807, 2.05) is 6.92 Å². The number of halogens is 1. The maximum atomic E-state index is 10.8. The molecule has 5 heteroatoms. The summed E-state index contributed by atoms with van der Waals surface area (Å²) in [6.07, 6.45) is 0.725. The third-order valence-electron chi connectivity index (χ3n) is 2.04. The van der Waals surface area contributed by atoms with Crippen LogP contribution in [0, 0.1) is 0 Å². The minimum Gasteiger partial charge on any atom is -0.478 e. The molecule has 1 rings (SSSR count). The van der Waals surface area contributed by atoms with Crippen LogP contribution in [0.15, 0.2) is 27.6 Å². The molecule has 16 heavy (non-hydrogen) atoms. The minimum atomic E-state index is -0.938. The van der Waals surface area contributed by atoms with Gasteiger partial charge in [0.2, 0.25) is 0 Å². The Morgan fingerprint density at radius 1 is 1.56 bits per heavy atom. The first-order valence-corrected chi connectivity index (χ1v) is 6.52. The molecule has 0 saturated carbocycles. The quantitative estimate of drug-likeness (QED) is 0.821. The summed E-state index contributed by atoms with van der Waals surface area (Å²) >= 11 is 4.85. The first kappa shape index (κ1) is 13.5. The van der Waals surface area contributed by atoms with E-state index in [1.54, 1.807) is 30.0 Å². The normalized spacial score (nSPS) is 12.4. The summed E-state index contributed by atoms with van der Waals surface area (Å²) in [5, 5.41) is 18.0. The van der Waals surface area contributed by atoms with E-state index in [0.29, 0.717) is 9.72 Å². The Kier molecular flexibility index (Phi) is 5.31. The summed E-state index contributed by atoms with van der Waals surface area (Å²) in [4.78, 5) is 11.8. The Labute approximate surface area is 107 Å². The van der Waals surface area contributed by atoms with E-state index >= 15 is 0 Å².